The van der Waals surface area contributed by atoms with Crippen LogP contribution in [-0.2, 0) is 6.54 Å². The van der Waals surface area contributed by atoms with Crippen LogP contribution in [0.15, 0.2) is 54.8 Å². The number of pyridine rings is 2. The third-order valence-electron chi connectivity index (χ3n) is 3.03. The first-order valence-electron chi connectivity index (χ1n) is 6.15. The number of rotatable bonds is 3. The highest BCUT2D eigenvalue weighted by atomic mass is 79.9. The van der Waals surface area contributed by atoms with Crippen LogP contribution in [-0.4, -0.2) is 10.4 Å². The van der Waals surface area contributed by atoms with Gasteiger partial charge >= 0.3 is 0 Å². The van der Waals surface area contributed by atoms with Crippen molar-refractivity contribution in [3.8, 4) is 5.95 Å². The summed E-state index contributed by atoms with van der Waals surface area (Å²) in [5.41, 5.74) is -0.190. The summed E-state index contributed by atoms with van der Waals surface area (Å²) in [4.78, 5) is 24.2. The number of aromatic nitrogens is 2. The summed E-state index contributed by atoms with van der Waals surface area (Å²) in [5, 5.41) is 11.9. The Kier molecular flexibility index (Phi) is 3.88. The molecule has 0 fully saturated rings. The topological polar surface area (TPSA) is 79.4 Å². The number of ketones is 1. The van der Waals surface area contributed by atoms with Gasteiger partial charge in [0.25, 0.3) is 17.0 Å². The van der Waals surface area contributed by atoms with Gasteiger partial charge < -0.3 is 14.1 Å². The van der Waals surface area contributed by atoms with E-state index in [1.807, 2.05) is 0 Å². The molecule has 112 valence electrons. The zero-order chi connectivity index (χ0) is 15.9. The molecule has 6 nitrogen and oxygen atoms in total. The highest BCUT2D eigenvalue weighted by Gasteiger charge is 2.24. The van der Waals surface area contributed by atoms with Crippen molar-refractivity contribution in [1.82, 2.24) is 4.57 Å². The van der Waals surface area contributed by atoms with Crippen molar-refractivity contribution in [2.45, 2.75) is 6.54 Å². The lowest BCUT2D eigenvalue weighted by Crippen LogP contribution is -2.32. The molecule has 0 saturated carbocycles. The Bertz CT molecular complexity index is 946. The molecule has 0 spiro atoms. The Morgan fingerprint density at radius 3 is 2.73 bits per heavy atom. The minimum atomic E-state index is -0.730. The predicted octanol–water partition coefficient (Wildman–Crippen LogP) is 1.66. The SMILES string of the molecule is O=C(Cn1cc(Br)ccc1=O)c1c([O-])oc2ccc(Br)c[n+]12. The van der Waals surface area contributed by atoms with Gasteiger partial charge in [0.1, 0.15) is 5.95 Å². The summed E-state index contributed by atoms with van der Waals surface area (Å²) in [6.07, 6.45) is 3.06. The number of Topliss-reactive ketones (excluding diaryl/α,β-unsaturated/α-hetero) is 1. The lowest BCUT2D eigenvalue weighted by atomic mass is 10.3. The van der Waals surface area contributed by atoms with Crippen molar-refractivity contribution in [1.29, 1.82) is 0 Å². The summed E-state index contributed by atoms with van der Waals surface area (Å²) < 4.78 is 8.99. The normalized spacial score (nSPS) is 11.0. The lowest BCUT2D eigenvalue weighted by Gasteiger charge is -2.03. The van der Waals surface area contributed by atoms with E-state index < -0.39 is 11.7 Å². The molecule has 0 saturated heterocycles. The van der Waals surface area contributed by atoms with Gasteiger partial charge in [-0.1, -0.05) is 0 Å². The summed E-state index contributed by atoms with van der Waals surface area (Å²) in [7, 11) is 0. The van der Waals surface area contributed by atoms with E-state index in [9.17, 15) is 14.7 Å². The molecule has 0 N–H and O–H groups in total. The predicted molar refractivity (Wildman–Crippen MR) is 81.7 cm³/mol. The maximum absolute atomic E-state index is 12.4. The van der Waals surface area contributed by atoms with Crippen LogP contribution in [0.1, 0.15) is 10.5 Å². The number of hydrogen-bond acceptors (Lipinski definition) is 4. The van der Waals surface area contributed by atoms with Crippen LogP contribution in [0.2, 0.25) is 0 Å². The first-order chi connectivity index (χ1) is 10.5. The van der Waals surface area contributed by atoms with E-state index in [0.29, 0.717) is 8.95 Å². The zero-order valence-corrected chi connectivity index (χ0v) is 14.1. The number of fused-ring (bicyclic) bond motifs is 1. The zero-order valence-electron chi connectivity index (χ0n) is 11.0. The monoisotopic (exact) mass is 426 g/mol. The molecule has 0 radical (unpaired) electrons. The smallest absolute Gasteiger partial charge is 0.279 e. The van der Waals surface area contributed by atoms with Gasteiger partial charge in [0.05, 0.1) is 11.0 Å². The Morgan fingerprint density at radius 2 is 1.95 bits per heavy atom. The average molecular weight is 428 g/mol. The summed E-state index contributed by atoms with van der Waals surface area (Å²) >= 11 is 6.51. The fourth-order valence-corrected chi connectivity index (χ4v) is 2.78. The van der Waals surface area contributed by atoms with Crippen molar-refractivity contribution in [3.63, 3.8) is 0 Å². The molecule has 8 heteroatoms. The second kappa shape index (κ2) is 5.69. The summed E-state index contributed by atoms with van der Waals surface area (Å²) in [6.45, 7) is -0.248. The third kappa shape index (κ3) is 2.71. The fourth-order valence-electron chi connectivity index (χ4n) is 2.06. The number of halogens is 2. The van der Waals surface area contributed by atoms with Crippen LogP contribution >= 0.6 is 31.9 Å². The van der Waals surface area contributed by atoms with E-state index >= 15 is 0 Å². The molecule has 3 aromatic rings. The van der Waals surface area contributed by atoms with Crippen LogP contribution in [0.3, 0.4) is 0 Å². The van der Waals surface area contributed by atoms with E-state index in [2.05, 4.69) is 31.9 Å². The van der Waals surface area contributed by atoms with E-state index in [4.69, 9.17) is 4.42 Å². The molecule has 0 atom stereocenters. The maximum atomic E-state index is 12.4. The van der Waals surface area contributed by atoms with Gasteiger partial charge in [-0.05, 0) is 44.0 Å². The van der Waals surface area contributed by atoms with Gasteiger partial charge in [-0.15, -0.1) is 4.40 Å². The molecule has 3 aromatic heterocycles. The van der Waals surface area contributed by atoms with Crippen LogP contribution < -0.4 is 15.1 Å². The van der Waals surface area contributed by atoms with E-state index in [1.54, 1.807) is 24.4 Å². The molecule has 0 aliphatic rings. The van der Waals surface area contributed by atoms with Gasteiger partial charge in [0.15, 0.2) is 6.20 Å². The molecular weight excluding hydrogens is 420 g/mol. The number of oxazole rings is 1. The molecule has 0 bridgehead atoms. The number of carbonyl (C=O) groups is 1. The Labute approximate surface area is 140 Å². The molecule has 0 aliphatic heterocycles. The van der Waals surface area contributed by atoms with Gasteiger partial charge in [0.2, 0.25) is 5.78 Å². The summed E-state index contributed by atoms with van der Waals surface area (Å²) in [5.74, 6) is -1.24. The van der Waals surface area contributed by atoms with Crippen molar-refractivity contribution in [2.24, 2.45) is 0 Å². The molecule has 0 aliphatic carbocycles. The van der Waals surface area contributed by atoms with Gasteiger partial charge in [0, 0.05) is 22.8 Å². The Balaban J connectivity index is 2.06. The minimum Gasteiger partial charge on any atom is -0.540 e. The molecule has 22 heavy (non-hydrogen) atoms. The maximum Gasteiger partial charge on any atom is 0.279 e. The molecule has 3 rings (SSSR count). The largest absolute Gasteiger partial charge is 0.540 e. The molecule has 0 amide bonds. The number of hydrogen-bond donors (Lipinski definition) is 0. The first kappa shape index (κ1) is 15.0. The lowest BCUT2D eigenvalue weighted by molar-refractivity contribution is -0.518. The van der Waals surface area contributed by atoms with Crippen molar-refractivity contribution < 1.29 is 18.7 Å². The molecular formula is C14H8Br2N2O4. The summed E-state index contributed by atoms with van der Waals surface area (Å²) in [6, 6.07) is 6.20. The van der Waals surface area contributed by atoms with E-state index in [-0.39, 0.29) is 23.5 Å². The molecule has 0 unspecified atom stereocenters. The Hall–Kier alpha value is -1.93. The quantitative estimate of drug-likeness (QED) is 0.470. The van der Waals surface area contributed by atoms with Gasteiger partial charge in [-0.2, -0.15) is 0 Å². The van der Waals surface area contributed by atoms with Gasteiger partial charge in [-0.25, -0.2) is 0 Å². The highest BCUT2D eigenvalue weighted by molar-refractivity contribution is 9.10. The van der Waals surface area contributed by atoms with E-state index in [0.717, 1.165) is 0 Å². The third-order valence-corrected chi connectivity index (χ3v) is 3.97. The first-order valence-corrected chi connectivity index (χ1v) is 7.74. The second-order valence-corrected chi connectivity index (χ2v) is 6.36. The van der Waals surface area contributed by atoms with Crippen LogP contribution in [0.25, 0.3) is 5.71 Å². The Morgan fingerprint density at radius 1 is 1.23 bits per heavy atom. The number of carbonyl (C=O) groups excluding carboxylic acids is 1. The van der Waals surface area contributed by atoms with Crippen LogP contribution in [0, 0.1) is 0 Å². The number of nitrogens with zero attached hydrogens (tertiary/aromatic N) is 2. The van der Waals surface area contributed by atoms with Crippen LogP contribution in [0.5, 0.6) is 5.95 Å². The minimum absolute atomic E-state index is 0.122. The highest BCUT2D eigenvalue weighted by Crippen LogP contribution is 2.18. The van der Waals surface area contributed by atoms with Gasteiger partial charge in [-0.3, -0.25) is 9.59 Å². The van der Waals surface area contributed by atoms with E-state index in [1.165, 1.54) is 21.2 Å². The molecule has 3 heterocycles. The molecule has 0 aromatic carbocycles. The van der Waals surface area contributed by atoms with Crippen molar-refractivity contribution in [2.75, 3.05) is 0 Å². The second-order valence-electron chi connectivity index (χ2n) is 4.53. The van der Waals surface area contributed by atoms with Crippen molar-refractivity contribution in [3.05, 3.63) is 61.7 Å². The fraction of sp³-hybridized carbons (Fsp3) is 0.0714. The standard InChI is InChI=1S/C14H8Br2N2O4/c15-8-1-3-11(20)17(5-8)7-10(19)13-14(21)22-12-4-2-9(16)6-18(12)13/h1-6H,7H2. The average Bonchev–Trinajstić information content (AvgIpc) is 2.78. The van der Waals surface area contributed by atoms with Crippen molar-refractivity contribution >= 4 is 43.4 Å². The van der Waals surface area contributed by atoms with Crippen LogP contribution in [0.4, 0.5) is 0 Å².